The third kappa shape index (κ3) is 7.20. The fourth-order valence-electron chi connectivity index (χ4n) is 4.82. The van der Waals surface area contributed by atoms with Crippen molar-refractivity contribution >= 4 is 5.91 Å². The Balaban J connectivity index is 0.000000867. The topological polar surface area (TPSA) is 98.6 Å². The fourth-order valence-corrected chi connectivity index (χ4v) is 4.82. The first-order valence-electron chi connectivity index (χ1n) is 14.0. The van der Waals surface area contributed by atoms with E-state index in [1.807, 2.05) is 35.2 Å². The lowest BCUT2D eigenvalue weighted by molar-refractivity contribution is -0.129. The van der Waals surface area contributed by atoms with Crippen molar-refractivity contribution in [2.75, 3.05) is 13.1 Å². The molecular weight excluding hydrogens is 496 g/mol. The Morgan fingerprint density at radius 3 is 2.30 bits per heavy atom. The number of amides is 1. The summed E-state index contributed by atoms with van der Waals surface area (Å²) in [5.74, 6) is 1.94. The number of H-pyrrole nitrogens is 1. The number of nitrogens with one attached hydrogen (secondary N) is 1. The van der Waals surface area contributed by atoms with E-state index < -0.39 is 0 Å². The first-order chi connectivity index (χ1) is 19.2. The van der Waals surface area contributed by atoms with Crippen molar-refractivity contribution < 1.29 is 4.79 Å². The summed E-state index contributed by atoms with van der Waals surface area (Å²) in [7, 11) is 0. The number of aromatic amines is 1. The van der Waals surface area contributed by atoms with Gasteiger partial charge in [0.05, 0.1) is 17.3 Å². The first kappa shape index (κ1) is 28.7. The predicted molar refractivity (Wildman–Crippen MR) is 158 cm³/mol. The number of likely N-dealkylation sites (tertiary alicyclic amines) is 1. The van der Waals surface area contributed by atoms with Gasteiger partial charge < -0.3 is 4.90 Å². The number of aryl methyl sites for hydroxylation is 1. The molecule has 206 valence electrons. The standard InChI is InChI=1S/C29H28N6O.C4H10/c1-19-3-9-23(10-4-19)28-27(29(34-33-28)24-12-15-35(16-13-24)20(2)36)25-11-14-31-26(32-25)17-21-5-7-22(18-30)8-6-21;1-4(2)3/h3-11,14,24H,12-13,15-17H2,1-2H3,(H,33,34);4H,1-3H3. The van der Waals surface area contributed by atoms with Crippen molar-refractivity contribution in [3.8, 4) is 28.6 Å². The molecule has 2 aromatic heterocycles. The molecule has 2 aromatic carbocycles. The summed E-state index contributed by atoms with van der Waals surface area (Å²) < 4.78 is 0. The molecule has 0 bridgehead atoms. The molecule has 0 atom stereocenters. The molecule has 0 spiro atoms. The van der Waals surface area contributed by atoms with E-state index in [-0.39, 0.29) is 11.8 Å². The molecule has 5 rings (SSSR count). The smallest absolute Gasteiger partial charge is 0.219 e. The predicted octanol–water partition coefficient (Wildman–Crippen LogP) is 6.69. The van der Waals surface area contributed by atoms with Gasteiger partial charge in [0.25, 0.3) is 0 Å². The lowest BCUT2D eigenvalue weighted by Gasteiger charge is -2.31. The van der Waals surface area contributed by atoms with E-state index in [0.29, 0.717) is 17.8 Å². The van der Waals surface area contributed by atoms with Gasteiger partial charge in [-0.1, -0.05) is 62.7 Å². The molecule has 1 N–H and O–H groups in total. The first-order valence-corrected chi connectivity index (χ1v) is 14.0. The maximum Gasteiger partial charge on any atom is 0.219 e. The highest BCUT2D eigenvalue weighted by Gasteiger charge is 2.28. The Labute approximate surface area is 237 Å². The van der Waals surface area contributed by atoms with Crippen molar-refractivity contribution in [1.29, 1.82) is 5.26 Å². The highest BCUT2D eigenvalue weighted by atomic mass is 16.2. The summed E-state index contributed by atoms with van der Waals surface area (Å²) in [6.07, 6.45) is 4.13. The van der Waals surface area contributed by atoms with Crippen LogP contribution in [0.5, 0.6) is 0 Å². The van der Waals surface area contributed by atoms with Crippen LogP contribution in [-0.4, -0.2) is 44.1 Å². The molecule has 1 amide bonds. The molecular formula is C33H38N6O. The highest BCUT2D eigenvalue weighted by Crippen LogP contribution is 2.39. The Bertz CT molecular complexity index is 1450. The van der Waals surface area contributed by atoms with E-state index in [2.05, 4.69) is 68.1 Å². The van der Waals surface area contributed by atoms with Crippen LogP contribution >= 0.6 is 0 Å². The van der Waals surface area contributed by atoms with E-state index >= 15 is 0 Å². The highest BCUT2D eigenvalue weighted by molar-refractivity contribution is 5.81. The van der Waals surface area contributed by atoms with Crippen LogP contribution < -0.4 is 0 Å². The maximum absolute atomic E-state index is 11.8. The number of benzene rings is 2. The number of hydrogen-bond acceptors (Lipinski definition) is 5. The summed E-state index contributed by atoms with van der Waals surface area (Å²) in [4.78, 5) is 23.2. The average molecular weight is 535 g/mol. The Morgan fingerprint density at radius 1 is 1.05 bits per heavy atom. The molecule has 0 saturated carbocycles. The van der Waals surface area contributed by atoms with Crippen LogP contribution in [0.2, 0.25) is 0 Å². The summed E-state index contributed by atoms with van der Waals surface area (Å²) in [5, 5.41) is 17.2. The molecule has 1 fully saturated rings. The van der Waals surface area contributed by atoms with Gasteiger partial charge in [0, 0.05) is 55.4 Å². The van der Waals surface area contributed by atoms with Crippen LogP contribution in [-0.2, 0) is 11.2 Å². The van der Waals surface area contributed by atoms with Crippen molar-refractivity contribution in [3.63, 3.8) is 0 Å². The monoisotopic (exact) mass is 534 g/mol. The minimum absolute atomic E-state index is 0.127. The van der Waals surface area contributed by atoms with Gasteiger partial charge in [-0.25, -0.2) is 9.97 Å². The molecule has 1 aliphatic heterocycles. The number of aromatic nitrogens is 4. The van der Waals surface area contributed by atoms with Crippen LogP contribution in [0.25, 0.3) is 22.5 Å². The third-order valence-corrected chi connectivity index (χ3v) is 6.87. The molecule has 3 heterocycles. The second-order valence-corrected chi connectivity index (χ2v) is 11.1. The number of rotatable bonds is 5. The van der Waals surface area contributed by atoms with Crippen molar-refractivity contribution in [2.24, 2.45) is 5.92 Å². The van der Waals surface area contributed by atoms with E-state index in [9.17, 15) is 4.79 Å². The zero-order chi connectivity index (χ0) is 28.6. The van der Waals surface area contributed by atoms with Crippen LogP contribution in [0.3, 0.4) is 0 Å². The minimum Gasteiger partial charge on any atom is -0.343 e. The lowest BCUT2D eigenvalue weighted by atomic mass is 9.88. The molecule has 0 unspecified atom stereocenters. The quantitative estimate of drug-likeness (QED) is 0.307. The van der Waals surface area contributed by atoms with Gasteiger partial charge in [-0.05, 0) is 49.4 Å². The fraction of sp³-hybridized carbons (Fsp3) is 0.364. The van der Waals surface area contributed by atoms with Crippen LogP contribution in [0, 0.1) is 24.2 Å². The second-order valence-electron chi connectivity index (χ2n) is 11.1. The van der Waals surface area contributed by atoms with E-state index in [1.165, 1.54) is 5.56 Å². The molecule has 1 aliphatic rings. The van der Waals surface area contributed by atoms with Gasteiger partial charge in [0.2, 0.25) is 5.91 Å². The summed E-state index contributed by atoms with van der Waals surface area (Å²) in [5.41, 5.74) is 7.69. The Hall–Kier alpha value is -4.31. The minimum atomic E-state index is 0.127. The van der Waals surface area contributed by atoms with Gasteiger partial charge in [-0.2, -0.15) is 10.4 Å². The number of nitrogens with zero attached hydrogens (tertiary/aromatic N) is 5. The van der Waals surface area contributed by atoms with Crippen LogP contribution in [0.15, 0.2) is 60.8 Å². The average Bonchev–Trinajstić information content (AvgIpc) is 3.39. The zero-order valence-corrected chi connectivity index (χ0v) is 24.1. The Morgan fingerprint density at radius 2 is 1.70 bits per heavy atom. The lowest BCUT2D eigenvalue weighted by Crippen LogP contribution is -2.36. The normalized spacial score (nSPS) is 13.5. The third-order valence-electron chi connectivity index (χ3n) is 6.87. The van der Waals surface area contributed by atoms with Gasteiger partial charge in [0.1, 0.15) is 11.5 Å². The summed E-state index contributed by atoms with van der Waals surface area (Å²) in [6, 6.07) is 20.0. The van der Waals surface area contributed by atoms with E-state index in [1.54, 1.807) is 13.1 Å². The molecule has 7 nitrogen and oxygen atoms in total. The summed E-state index contributed by atoms with van der Waals surface area (Å²) >= 11 is 0. The Kier molecular flexibility index (Phi) is 9.44. The maximum atomic E-state index is 11.8. The van der Waals surface area contributed by atoms with Gasteiger partial charge in [-0.3, -0.25) is 9.89 Å². The molecule has 7 heteroatoms. The molecule has 1 saturated heterocycles. The van der Waals surface area contributed by atoms with E-state index in [4.69, 9.17) is 15.3 Å². The SMILES string of the molecule is CC(=O)N1CCC(c2[nH]nc(-c3ccc(C)cc3)c2-c2ccnc(Cc3ccc(C#N)cc3)n2)CC1.CC(C)C. The summed E-state index contributed by atoms with van der Waals surface area (Å²) in [6.45, 7) is 11.7. The van der Waals surface area contributed by atoms with E-state index in [0.717, 1.165) is 65.6 Å². The van der Waals surface area contributed by atoms with Crippen LogP contribution in [0.1, 0.15) is 74.7 Å². The number of carbonyl (C=O) groups excluding carboxylic acids is 1. The number of nitriles is 1. The van der Waals surface area contributed by atoms with Gasteiger partial charge >= 0.3 is 0 Å². The molecule has 4 aromatic rings. The van der Waals surface area contributed by atoms with Crippen LogP contribution in [0.4, 0.5) is 0 Å². The largest absolute Gasteiger partial charge is 0.343 e. The number of hydrogen-bond donors (Lipinski definition) is 1. The van der Waals surface area contributed by atoms with Crippen molar-refractivity contribution in [3.05, 3.63) is 89.0 Å². The number of piperidine rings is 1. The zero-order valence-electron chi connectivity index (χ0n) is 24.1. The van der Waals surface area contributed by atoms with Crippen molar-refractivity contribution in [2.45, 2.75) is 59.8 Å². The second kappa shape index (κ2) is 13.2. The molecule has 0 aliphatic carbocycles. The van der Waals surface area contributed by atoms with Gasteiger partial charge in [-0.15, -0.1) is 0 Å². The number of carbonyl (C=O) groups is 1. The molecule has 0 radical (unpaired) electrons. The molecule has 40 heavy (non-hydrogen) atoms. The van der Waals surface area contributed by atoms with Crippen molar-refractivity contribution in [1.82, 2.24) is 25.1 Å². The van der Waals surface area contributed by atoms with Gasteiger partial charge in [0.15, 0.2) is 0 Å².